The summed E-state index contributed by atoms with van der Waals surface area (Å²) >= 11 is 7.38. The fourth-order valence-corrected chi connectivity index (χ4v) is 3.91. The molecule has 9 nitrogen and oxygen atoms in total. The van der Waals surface area contributed by atoms with E-state index in [1.54, 1.807) is 6.21 Å². The number of nitrogens with two attached hydrogens (primary N) is 1. The van der Waals surface area contributed by atoms with E-state index in [0.717, 1.165) is 22.4 Å². The molecule has 1 aromatic heterocycles. The molecule has 0 saturated carbocycles. The molecule has 1 heterocycles. The van der Waals surface area contributed by atoms with Crippen molar-refractivity contribution in [2.24, 2.45) is 5.10 Å². The summed E-state index contributed by atoms with van der Waals surface area (Å²) in [5.41, 5.74) is 6.26. The molecule has 0 aliphatic heterocycles. The van der Waals surface area contributed by atoms with Crippen molar-refractivity contribution < 1.29 is 9.53 Å². The van der Waals surface area contributed by atoms with Crippen LogP contribution in [0.3, 0.4) is 0 Å². The topological polar surface area (TPSA) is 119 Å². The van der Waals surface area contributed by atoms with Crippen molar-refractivity contribution >= 4 is 47.1 Å². The van der Waals surface area contributed by atoms with Gasteiger partial charge in [-0.3, -0.25) is 4.79 Å². The fourth-order valence-electron chi connectivity index (χ4n) is 3.06. The van der Waals surface area contributed by atoms with E-state index in [1.165, 1.54) is 16.4 Å². The van der Waals surface area contributed by atoms with Gasteiger partial charge in [0.05, 0.1) is 12.0 Å². The van der Waals surface area contributed by atoms with Crippen LogP contribution in [0.4, 0.5) is 11.6 Å². The molecule has 0 radical (unpaired) electrons. The number of hydrogen-bond acceptors (Lipinski definition) is 8. The Labute approximate surface area is 217 Å². The van der Waals surface area contributed by atoms with Crippen molar-refractivity contribution in [3.8, 4) is 5.75 Å². The number of hydrogen-bond donors (Lipinski definition) is 3. The van der Waals surface area contributed by atoms with Crippen molar-refractivity contribution in [3.63, 3.8) is 0 Å². The Hall–Kier alpha value is -4.02. The molecule has 36 heavy (non-hydrogen) atoms. The molecule has 0 unspecified atom stereocenters. The van der Waals surface area contributed by atoms with Gasteiger partial charge >= 0.3 is 0 Å². The number of halogens is 1. The number of nitrogens with one attached hydrogen (secondary N) is 2. The Morgan fingerprint density at radius 3 is 2.67 bits per heavy atom. The first-order chi connectivity index (χ1) is 17.5. The van der Waals surface area contributed by atoms with Crippen LogP contribution in [-0.2, 0) is 11.4 Å². The number of thioether (sulfide) groups is 1. The lowest BCUT2D eigenvalue weighted by molar-refractivity contribution is -0.113. The molecule has 1 amide bonds. The number of aryl methyl sites for hydroxylation is 1. The number of ether oxygens (including phenoxy) is 1. The highest BCUT2D eigenvalue weighted by molar-refractivity contribution is 7.99. The van der Waals surface area contributed by atoms with Crippen LogP contribution >= 0.6 is 23.4 Å². The summed E-state index contributed by atoms with van der Waals surface area (Å²) in [6, 6.07) is 22.6. The maximum absolute atomic E-state index is 12.2. The number of hydrazone groups is 1. The average Bonchev–Trinajstić information content (AvgIpc) is 3.23. The van der Waals surface area contributed by atoms with Crippen LogP contribution in [0.25, 0.3) is 0 Å². The number of rotatable bonds is 10. The number of nitrogens with zero attached hydrogens (tertiary/aromatic N) is 4. The number of benzene rings is 3. The highest BCUT2D eigenvalue weighted by Crippen LogP contribution is 2.21. The third-order valence-electron chi connectivity index (χ3n) is 4.96. The van der Waals surface area contributed by atoms with E-state index in [-0.39, 0.29) is 17.6 Å². The van der Waals surface area contributed by atoms with Crippen LogP contribution in [0.1, 0.15) is 16.7 Å². The van der Waals surface area contributed by atoms with Gasteiger partial charge in [-0.2, -0.15) is 5.10 Å². The second kappa shape index (κ2) is 12.1. The molecule has 4 aromatic rings. The van der Waals surface area contributed by atoms with Gasteiger partial charge < -0.3 is 15.9 Å². The first kappa shape index (κ1) is 25.1. The summed E-state index contributed by atoms with van der Waals surface area (Å²) < 4.78 is 7.17. The van der Waals surface area contributed by atoms with Gasteiger partial charge in [0, 0.05) is 21.8 Å². The first-order valence-corrected chi connectivity index (χ1v) is 12.3. The van der Waals surface area contributed by atoms with Crippen molar-refractivity contribution in [3.05, 3.63) is 94.5 Å². The molecule has 0 aliphatic rings. The number of carbonyl (C=O) groups excluding carboxylic acids is 1. The van der Waals surface area contributed by atoms with E-state index in [2.05, 4.69) is 26.0 Å². The number of aromatic nitrogens is 3. The second-order valence-electron chi connectivity index (χ2n) is 7.67. The average molecular weight is 522 g/mol. The van der Waals surface area contributed by atoms with Gasteiger partial charge in [0.15, 0.2) is 0 Å². The lowest BCUT2D eigenvalue weighted by Gasteiger charge is -2.10. The van der Waals surface area contributed by atoms with Gasteiger partial charge in [0.25, 0.3) is 5.95 Å². The maximum atomic E-state index is 12.2. The Balaban J connectivity index is 1.31. The fraction of sp³-hybridized carbons (Fsp3) is 0.120. The smallest absolute Gasteiger partial charge is 0.264 e. The summed E-state index contributed by atoms with van der Waals surface area (Å²) in [5, 5.41) is 16.1. The molecule has 11 heteroatoms. The van der Waals surface area contributed by atoms with Crippen molar-refractivity contribution in [1.82, 2.24) is 14.9 Å². The van der Waals surface area contributed by atoms with Crippen LogP contribution in [0.15, 0.2) is 83.1 Å². The van der Waals surface area contributed by atoms with E-state index in [0.29, 0.717) is 22.5 Å². The quantitative estimate of drug-likeness (QED) is 0.120. The standard InChI is InChI=1S/C25H24ClN7O2S/c1-17-10-12-20(13-11-17)29-23(34)16-36-25-32-31-24(33(25)27)30-28-14-18-6-3-5-9-22(18)35-15-19-7-2-4-8-21(19)26/h2-14H,15-16,27H2,1H3,(H,29,34)(H,30,31)/b28-14+. The van der Waals surface area contributed by atoms with Crippen LogP contribution in [0, 0.1) is 6.92 Å². The molecule has 0 fully saturated rings. The molecule has 0 spiro atoms. The van der Waals surface area contributed by atoms with Crippen molar-refractivity contribution in [2.45, 2.75) is 18.7 Å². The van der Waals surface area contributed by atoms with E-state index in [4.69, 9.17) is 22.2 Å². The number of carbonyl (C=O) groups is 1. The van der Waals surface area contributed by atoms with Crippen LogP contribution in [0.5, 0.6) is 5.75 Å². The normalized spacial score (nSPS) is 10.9. The Morgan fingerprint density at radius 1 is 1.11 bits per heavy atom. The summed E-state index contributed by atoms with van der Waals surface area (Å²) in [7, 11) is 0. The van der Waals surface area contributed by atoms with E-state index in [1.807, 2.05) is 79.7 Å². The lowest BCUT2D eigenvalue weighted by Crippen LogP contribution is -2.16. The molecule has 0 bridgehead atoms. The molecule has 4 rings (SSSR count). The molecule has 0 aliphatic carbocycles. The van der Waals surface area contributed by atoms with Gasteiger partial charge in [-0.05, 0) is 37.3 Å². The number of nitrogen functional groups attached to an aromatic ring is 1. The van der Waals surface area contributed by atoms with E-state index >= 15 is 0 Å². The molecule has 4 N–H and O–H groups in total. The molecule has 0 atom stereocenters. The SMILES string of the molecule is Cc1ccc(NC(=O)CSc2nnc(N/N=C/c3ccccc3OCc3ccccc3Cl)n2N)cc1. The zero-order valence-electron chi connectivity index (χ0n) is 19.4. The predicted octanol–water partition coefficient (Wildman–Crippen LogP) is 4.71. The summed E-state index contributed by atoms with van der Waals surface area (Å²) in [5.74, 6) is 6.88. The zero-order valence-corrected chi connectivity index (χ0v) is 21.0. The van der Waals surface area contributed by atoms with E-state index in [9.17, 15) is 4.79 Å². The summed E-state index contributed by atoms with van der Waals surface area (Å²) in [6.07, 6.45) is 1.60. The largest absolute Gasteiger partial charge is 0.488 e. The number of para-hydroxylation sites is 1. The Kier molecular flexibility index (Phi) is 8.43. The highest BCUT2D eigenvalue weighted by Gasteiger charge is 2.12. The third-order valence-corrected chi connectivity index (χ3v) is 6.27. The number of amides is 1. The van der Waals surface area contributed by atoms with Gasteiger partial charge in [0.1, 0.15) is 12.4 Å². The van der Waals surface area contributed by atoms with Gasteiger partial charge in [-0.25, -0.2) is 10.1 Å². The Morgan fingerprint density at radius 2 is 1.86 bits per heavy atom. The molecular formula is C25H24ClN7O2S. The maximum Gasteiger partial charge on any atom is 0.264 e. The lowest BCUT2D eigenvalue weighted by atomic mass is 10.2. The van der Waals surface area contributed by atoms with Crippen LogP contribution < -0.4 is 21.3 Å². The molecular weight excluding hydrogens is 498 g/mol. The highest BCUT2D eigenvalue weighted by atomic mass is 35.5. The minimum absolute atomic E-state index is 0.128. The van der Waals surface area contributed by atoms with Crippen molar-refractivity contribution in [1.29, 1.82) is 0 Å². The number of anilines is 2. The van der Waals surface area contributed by atoms with Gasteiger partial charge in [-0.1, -0.05) is 71.4 Å². The van der Waals surface area contributed by atoms with Crippen molar-refractivity contribution in [2.75, 3.05) is 22.3 Å². The molecule has 184 valence electrons. The van der Waals surface area contributed by atoms with Crippen LogP contribution in [0.2, 0.25) is 5.02 Å². The predicted molar refractivity (Wildman–Crippen MR) is 144 cm³/mol. The molecule has 0 saturated heterocycles. The monoisotopic (exact) mass is 521 g/mol. The molecule has 3 aromatic carbocycles. The summed E-state index contributed by atoms with van der Waals surface area (Å²) in [6.45, 7) is 2.31. The van der Waals surface area contributed by atoms with Gasteiger partial charge in [-0.15, -0.1) is 10.2 Å². The third kappa shape index (κ3) is 6.77. The minimum Gasteiger partial charge on any atom is -0.488 e. The Bertz CT molecular complexity index is 1360. The van der Waals surface area contributed by atoms with Crippen LogP contribution in [-0.4, -0.2) is 32.7 Å². The van der Waals surface area contributed by atoms with E-state index < -0.39 is 0 Å². The summed E-state index contributed by atoms with van der Waals surface area (Å²) in [4.78, 5) is 12.2. The zero-order chi connectivity index (χ0) is 25.3. The second-order valence-corrected chi connectivity index (χ2v) is 9.02. The minimum atomic E-state index is -0.173. The van der Waals surface area contributed by atoms with Gasteiger partial charge in [0.2, 0.25) is 11.1 Å². The first-order valence-electron chi connectivity index (χ1n) is 10.9.